The van der Waals surface area contributed by atoms with Gasteiger partial charge in [-0.1, -0.05) is 13.3 Å². The third kappa shape index (κ3) is 2.27. The smallest absolute Gasteiger partial charge is 0.0853 e. The fourth-order valence-corrected chi connectivity index (χ4v) is 2.49. The monoisotopic (exact) mass is 199 g/mol. The summed E-state index contributed by atoms with van der Waals surface area (Å²) < 4.78 is 11.7. The summed E-state index contributed by atoms with van der Waals surface area (Å²) in [5.74, 6) is 0. The van der Waals surface area contributed by atoms with E-state index in [0.717, 1.165) is 39.1 Å². The third-order valence-corrected chi connectivity index (χ3v) is 3.26. The van der Waals surface area contributed by atoms with E-state index in [9.17, 15) is 0 Å². The van der Waals surface area contributed by atoms with Crippen molar-refractivity contribution in [3.8, 4) is 0 Å². The lowest BCUT2D eigenvalue weighted by Gasteiger charge is -2.43. The van der Waals surface area contributed by atoms with Gasteiger partial charge in [0.2, 0.25) is 0 Å². The zero-order valence-corrected chi connectivity index (χ0v) is 9.05. The number of morpholine rings is 1. The molecule has 0 aromatic heterocycles. The van der Waals surface area contributed by atoms with Gasteiger partial charge in [0.05, 0.1) is 18.3 Å². The average Bonchev–Trinajstić information content (AvgIpc) is 2.19. The van der Waals surface area contributed by atoms with E-state index in [2.05, 4.69) is 12.2 Å². The predicted octanol–water partition coefficient (Wildman–Crippen LogP) is 1.32. The van der Waals surface area contributed by atoms with Crippen LogP contribution < -0.4 is 5.32 Å². The minimum Gasteiger partial charge on any atom is -0.378 e. The first-order valence-corrected chi connectivity index (χ1v) is 5.81. The maximum absolute atomic E-state index is 5.94. The van der Waals surface area contributed by atoms with E-state index in [-0.39, 0.29) is 5.60 Å². The van der Waals surface area contributed by atoms with E-state index >= 15 is 0 Å². The fraction of sp³-hybridized carbons (Fsp3) is 1.00. The van der Waals surface area contributed by atoms with E-state index in [1.807, 2.05) is 0 Å². The molecule has 2 aliphatic heterocycles. The highest BCUT2D eigenvalue weighted by molar-refractivity contribution is 4.91. The van der Waals surface area contributed by atoms with Crippen molar-refractivity contribution in [2.45, 2.75) is 44.3 Å². The van der Waals surface area contributed by atoms with Crippen molar-refractivity contribution in [2.24, 2.45) is 0 Å². The molecule has 0 aromatic carbocycles. The van der Waals surface area contributed by atoms with Crippen molar-refractivity contribution in [1.82, 2.24) is 5.32 Å². The van der Waals surface area contributed by atoms with E-state index in [0.29, 0.717) is 6.10 Å². The Morgan fingerprint density at radius 3 is 3.07 bits per heavy atom. The van der Waals surface area contributed by atoms with Crippen molar-refractivity contribution in [1.29, 1.82) is 0 Å². The molecule has 0 aromatic rings. The highest BCUT2D eigenvalue weighted by Crippen LogP contribution is 2.31. The summed E-state index contributed by atoms with van der Waals surface area (Å²) in [6.07, 6.45) is 4.93. The summed E-state index contributed by atoms with van der Waals surface area (Å²) in [6, 6.07) is 0. The van der Waals surface area contributed by atoms with Crippen molar-refractivity contribution in [2.75, 3.05) is 26.3 Å². The Morgan fingerprint density at radius 2 is 2.36 bits per heavy atom. The van der Waals surface area contributed by atoms with Gasteiger partial charge in [-0.3, -0.25) is 0 Å². The van der Waals surface area contributed by atoms with Gasteiger partial charge in [-0.05, 0) is 6.42 Å². The zero-order valence-electron chi connectivity index (χ0n) is 9.05. The summed E-state index contributed by atoms with van der Waals surface area (Å²) in [7, 11) is 0. The normalized spacial score (nSPS) is 38.8. The molecule has 14 heavy (non-hydrogen) atoms. The quantitative estimate of drug-likeness (QED) is 0.727. The standard InChI is InChI=1S/C11H21NO2/c1-2-3-10-8-11(4-6-13-10)9-12-5-7-14-11/h10,12H,2-9H2,1H3. The molecule has 0 saturated carbocycles. The molecule has 2 atom stereocenters. The first-order valence-electron chi connectivity index (χ1n) is 5.81. The Bertz CT molecular complexity index is 171. The summed E-state index contributed by atoms with van der Waals surface area (Å²) in [4.78, 5) is 0. The predicted molar refractivity (Wildman–Crippen MR) is 55.4 cm³/mol. The molecular formula is C11H21NO2. The van der Waals surface area contributed by atoms with Crippen LogP contribution in [0.25, 0.3) is 0 Å². The van der Waals surface area contributed by atoms with Crippen LogP contribution in [0, 0.1) is 0 Å². The molecule has 2 saturated heterocycles. The first kappa shape index (κ1) is 10.4. The van der Waals surface area contributed by atoms with Crippen molar-refractivity contribution in [3.63, 3.8) is 0 Å². The Balaban J connectivity index is 1.91. The van der Waals surface area contributed by atoms with Gasteiger partial charge in [-0.15, -0.1) is 0 Å². The molecule has 2 unspecified atom stereocenters. The van der Waals surface area contributed by atoms with Gasteiger partial charge < -0.3 is 14.8 Å². The molecule has 0 radical (unpaired) electrons. The van der Waals surface area contributed by atoms with Crippen LogP contribution >= 0.6 is 0 Å². The topological polar surface area (TPSA) is 30.5 Å². The van der Waals surface area contributed by atoms with E-state index in [1.54, 1.807) is 0 Å². The minimum atomic E-state index is 0.0936. The summed E-state index contributed by atoms with van der Waals surface area (Å²) >= 11 is 0. The van der Waals surface area contributed by atoms with Crippen LogP contribution in [0.3, 0.4) is 0 Å². The molecule has 0 amide bonds. The second-order valence-corrected chi connectivity index (χ2v) is 4.44. The highest BCUT2D eigenvalue weighted by Gasteiger charge is 2.38. The third-order valence-electron chi connectivity index (χ3n) is 3.26. The van der Waals surface area contributed by atoms with Gasteiger partial charge in [0.25, 0.3) is 0 Å². The number of hydrogen-bond donors (Lipinski definition) is 1. The lowest BCUT2D eigenvalue weighted by molar-refractivity contribution is -0.149. The van der Waals surface area contributed by atoms with Gasteiger partial charge in [0.1, 0.15) is 0 Å². The van der Waals surface area contributed by atoms with E-state index < -0.39 is 0 Å². The van der Waals surface area contributed by atoms with E-state index in [4.69, 9.17) is 9.47 Å². The second kappa shape index (κ2) is 4.60. The maximum atomic E-state index is 5.94. The molecule has 2 aliphatic rings. The molecule has 1 N–H and O–H groups in total. The lowest BCUT2D eigenvalue weighted by atomic mass is 9.87. The van der Waals surface area contributed by atoms with Crippen LogP contribution in [-0.2, 0) is 9.47 Å². The van der Waals surface area contributed by atoms with Crippen LogP contribution in [0.15, 0.2) is 0 Å². The second-order valence-electron chi connectivity index (χ2n) is 4.44. The largest absolute Gasteiger partial charge is 0.378 e. The summed E-state index contributed by atoms with van der Waals surface area (Å²) in [5, 5.41) is 3.43. The Labute approximate surface area is 86.2 Å². The van der Waals surface area contributed by atoms with Crippen LogP contribution in [0.4, 0.5) is 0 Å². The maximum Gasteiger partial charge on any atom is 0.0853 e. The van der Waals surface area contributed by atoms with Crippen LogP contribution in [0.1, 0.15) is 32.6 Å². The fourth-order valence-electron chi connectivity index (χ4n) is 2.49. The van der Waals surface area contributed by atoms with Crippen LogP contribution in [0.2, 0.25) is 0 Å². The van der Waals surface area contributed by atoms with Crippen molar-refractivity contribution < 1.29 is 9.47 Å². The van der Waals surface area contributed by atoms with E-state index in [1.165, 1.54) is 12.8 Å². The highest BCUT2D eigenvalue weighted by atomic mass is 16.5. The number of rotatable bonds is 2. The number of nitrogens with one attached hydrogen (secondary N) is 1. The lowest BCUT2D eigenvalue weighted by Crippen LogP contribution is -2.54. The van der Waals surface area contributed by atoms with Gasteiger partial charge in [-0.25, -0.2) is 0 Å². The molecule has 82 valence electrons. The molecule has 3 heteroatoms. The van der Waals surface area contributed by atoms with Crippen LogP contribution in [0.5, 0.6) is 0 Å². The number of ether oxygens (including phenoxy) is 2. The molecular weight excluding hydrogens is 178 g/mol. The molecule has 1 spiro atoms. The van der Waals surface area contributed by atoms with Crippen molar-refractivity contribution >= 4 is 0 Å². The molecule has 2 fully saturated rings. The van der Waals surface area contributed by atoms with Gasteiger partial charge in [-0.2, -0.15) is 0 Å². The van der Waals surface area contributed by atoms with Gasteiger partial charge in [0.15, 0.2) is 0 Å². The van der Waals surface area contributed by atoms with Crippen LogP contribution in [-0.4, -0.2) is 38.0 Å². The molecule has 3 nitrogen and oxygen atoms in total. The molecule has 2 rings (SSSR count). The molecule has 0 aliphatic carbocycles. The SMILES string of the molecule is CCCC1CC2(CCO1)CNCCO2. The summed E-state index contributed by atoms with van der Waals surface area (Å²) in [6.45, 7) is 5.95. The van der Waals surface area contributed by atoms with Crippen molar-refractivity contribution in [3.05, 3.63) is 0 Å². The summed E-state index contributed by atoms with van der Waals surface area (Å²) in [5.41, 5.74) is 0.0936. The Hall–Kier alpha value is -0.120. The van der Waals surface area contributed by atoms with Gasteiger partial charge >= 0.3 is 0 Å². The Morgan fingerprint density at radius 1 is 1.43 bits per heavy atom. The zero-order chi connectivity index (χ0) is 9.86. The molecule has 0 bridgehead atoms. The first-order chi connectivity index (χ1) is 6.85. The molecule has 2 heterocycles. The number of hydrogen-bond acceptors (Lipinski definition) is 3. The van der Waals surface area contributed by atoms with Gasteiger partial charge in [0, 0.05) is 32.5 Å². The minimum absolute atomic E-state index is 0.0936. The Kier molecular flexibility index (Phi) is 3.42. The average molecular weight is 199 g/mol.